The fraction of sp³-hybridized carbons (Fsp3) is 0.526. The van der Waals surface area contributed by atoms with E-state index < -0.39 is 0 Å². The van der Waals surface area contributed by atoms with Gasteiger partial charge in [0.2, 0.25) is 5.91 Å². The highest BCUT2D eigenvalue weighted by Gasteiger charge is 2.34. The van der Waals surface area contributed by atoms with E-state index in [1.165, 1.54) is 38.2 Å². The molecule has 2 aliphatic heterocycles. The first-order valence-corrected chi connectivity index (χ1v) is 17.8. The van der Waals surface area contributed by atoms with Gasteiger partial charge in [0.15, 0.2) is 0 Å². The molecular formula is C38H48ClN7O2. The quantitative estimate of drug-likeness (QED) is 0.222. The Morgan fingerprint density at radius 2 is 1.90 bits per heavy atom. The molecule has 10 heteroatoms. The Balaban J connectivity index is 1.30. The number of carbonyl (C=O) groups excluding carboxylic acids is 1. The number of rotatable bonds is 10. The molecule has 1 aliphatic carbocycles. The van der Waals surface area contributed by atoms with E-state index in [9.17, 15) is 10.1 Å². The maximum Gasteiger partial charge on any atom is 0.318 e. The highest BCUT2D eigenvalue weighted by molar-refractivity contribution is 6.36. The van der Waals surface area contributed by atoms with E-state index in [1.54, 1.807) is 4.90 Å². The van der Waals surface area contributed by atoms with Gasteiger partial charge in [0, 0.05) is 54.9 Å². The summed E-state index contributed by atoms with van der Waals surface area (Å²) in [4.78, 5) is 31.5. The van der Waals surface area contributed by atoms with E-state index in [2.05, 4.69) is 72.5 Å². The van der Waals surface area contributed by atoms with Crippen molar-refractivity contribution >= 4 is 39.8 Å². The summed E-state index contributed by atoms with van der Waals surface area (Å²) in [5.41, 5.74) is 2.90. The standard InChI is InChI=1S/C38H48ClN7O2/c1-5-34(47)46-22-21-45(24-29(46)17-19-40)36-30-18-20-44(33-16-10-14-28-13-9-15-31(39)35(28)33)25-32(30)41-37(42-36)48-26-38(2,3)43(4)23-27-11-7-6-8-12-27/h5,9-10,13-16,27,29H,1,6-8,11-12,17-18,20-26H2,2-4H3/t29-/m0/s1. The van der Waals surface area contributed by atoms with Crippen molar-refractivity contribution in [1.82, 2.24) is 19.8 Å². The molecule has 1 saturated carbocycles. The Kier molecular flexibility index (Phi) is 10.4. The van der Waals surface area contributed by atoms with Crippen LogP contribution >= 0.6 is 11.6 Å². The van der Waals surface area contributed by atoms with Crippen LogP contribution in [0.15, 0.2) is 49.1 Å². The Labute approximate surface area is 290 Å². The number of anilines is 2. The minimum atomic E-state index is -0.255. The molecule has 9 nitrogen and oxygen atoms in total. The molecule has 3 aliphatic rings. The monoisotopic (exact) mass is 669 g/mol. The molecule has 3 heterocycles. The Hall–Kier alpha value is -3.87. The molecule has 0 bridgehead atoms. The van der Waals surface area contributed by atoms with Crippen molar-refractivity contribution in [1.29, 1.82) is 5.26 Å². The summed E-state index contributed by atoms with van der Waals surface area (Å²) in [6.45, 7) is 12.6. The minimum Gasteiger partial charge on any atom is -0.461 e. The first kappa shape index (κ1) is 34.0. The third-order valence-corrected chi connectivity index (χ3v) is 10.9. The predicted molar refractivity (Wildman–Crippen MR) is 193 cm³/mol. The summed E-state index contributed by atoms with van der Waals surface area (Å²) < 4.78 is 6.50. The zero-order valence-corrected chi connectivity index (χ0v) is 29.4. The van der Waals surface area contributed by atoms with E-state index in [0.717, 1.165) is 64.0 Å². The van der Waals surface area contributed by atoms with Gasteiger partial charge in [-0.05, 0) is 69.7 Å². The van der Waals surface area contributed by atoms with Gasteiger partial charge >= 0.3 is 6.01 Å². The van der Waals surface area contributed by atoms with E-state index in [1.807, 2.05) is 12.1 Å². The Bertz CT molecular complexity index is 1680. The molecule has 1 amide bonds. The molecule has 0 N–H and O–H groups in total. The molecule has 6 rings (SSSR count). The second-order valence-corrected chi connectivity index (χ2v) is 14.6. The summed E-state index contributed by atoms with van der Waals surface area (Å²) in [7, 11) is 2.20. The molecule has 1 aromatic heterocycles. The van der Waals surface area contributed by atoms with Gasteiger partial charge in [0.05, 0.1) is 35.8 Å². The van der Waals surface area contributed by atoms with Crippen LogP contribution in [0.1, 0.15) is 63.6 Å². The summed E-state index contributed by atoms with van der Waals surface area (Å²) in [5.74, 6) is 1.43. The number of benzene rings is 2. The number of hydrogen-bond acceptors (Lipinski definition) is 8. The van der Waals surface area contributed by atoms with E-state index >= 15 is 0 Å². The summed E-state index contributed by atoms with van der Waals surface area (Å²) in [6, 6.07) is 14.7. The first-order valence-electron chi connectivity index (χ1n) is 17.4. The van der Waals surface area contributed by atoms with Gasteiger partial charge in [0.1, 0.15) is 12.4 Å². The highest BCUT2D eigenvalue weighted by Crippen LogP contribution is 2.37. The number of carbonyl (C=O) groups is 1. The lowest BCUT2D eigenvalue weighted by molar-refractivity contribution is -0.128. The average Bonchev–Trinajstić information content (AvgIpc) is 3.10. The van der Waals surface area contributed by atoms with Gasteiger partial charge in [-0.25, -0.2) is 0 Å². The molecule has 2 aromatic carbocycles. The van der Waals surface area contributed by atoms with E-state index in [0.29, 0.717) is 38.8 Å². The van der Waals surface area contributed by atoms with Gasteiger partial charge in [-0.15, -0.1) is 0 Å². The maximum atomic E-state index is 12.6. The van der Waals surface area contributed by atoms with Crippen molar-refractivity contribution in [2.24, 2.45) is 5.92 Å². The van der Waals surface area contributed by atoms with Crippen molar-refractivity contribution in [2.45, 2.75) is 76.9 Å². The molecule has 0 radical (unpaired) electrons. The summed E-state index contributed by atoms with van der Waals surface area (Å²) in [5, 5.41) is 12.5. The number of aromatic nitrogens is 2. The Morgan fingerprint density at radius 3 is 2.65 bits per heavy atom. The average molecular weight is 670 g/mol. The first-order chi connectivity index (χ1) is 23.2. The second kappa shape index (κ2) is 14.7. The maximum absolute atomic E-state index is 12.6. The SMILES string of the molecule is C=CC(=O)N1CCN(c2nc(OCC(C)(C)N(C)CC3CCCCC3)nc3c2CCN(c2cccc4cccc(Cl)c24)C3)C[C@@H]1CC#N. The van der Waals surface area contributed by atoms with Crippen molar-refractivity contribution < 1.29 is 9.53 Å². The number of halogens is 1. The normalized spacial score (nSPS) is 18.9. The van der Waals surface area contributed by atoms with Crippen LogP contribution < -0.4 is 14.5 Å². The fourth-order valence-electron chi connectivity index (χ4n) is 7.55. The third-order valence-electron chi connectivity index (χ3n) is 10.6. The van der Waals surface area contributed by atoms with Crippen molar-refractivity contribution in [2.75, 3.05) is 56.2 Å². The summed E-state index contributed by atoms with van der Waals surface area (Å²) in [6.07, 6.45) is 8.93. The zero-order valence-electron chi connectivity index (χ0n) is 28.6. The van der Waals surface area contributed by atoms with Crippen molar-refractivity contribution in [3.63, 3.8) is 0 Å². The second-order valence-electron chi connectivity index (χ2n) is 14.2. The third kappa shape index (κ3) is 7.25. The smallest absolute Gasteiger partial charge is 0.318 e. The van der Waals surface area contributed by atoms with Crippen LogP contribution in [0.3, 0.4) is 0 Å². The number of likely N-dealkylation sites (N-methyl/N-ethyl adjacent to an activating group) is 1. The number of hydrogen-bond donors (Lipinski definition) is 0. The van der Waals surface area contributed by atoms with Crippen LogP contribution in [0, 0.1) is 17.2 Å². The van der Waals surface area contributed by atoms with E-state index in [-0.39, 0.29) is 23.9 Å². The fourth-order valence-corrected chi connectivity index (χ4v) is 7.83. The minimum absolute atomic E-state index is 0.146. The van der Waals surface area contributed by atoms with Crippen LogP contribution in [-0.4, -0.2) is 83.6 Å². The molecule has 2 fully saturated rings. The van der Waals surface area contributed by atoms with Gasteiger partial charge in [-0.3, -0.25) is 9.69 Å². The molecule has 254 valence electrons. The van der Waals surface area contributed by atoms with Crippen LogP contribution in [0.4, 0.5) is 11.5 Å². The number of piperazine rings is 1. The molecular weight excluding hydrogens is 622 g/mol. The number of amides is 1. The predicted octanol–water partition coefficient (Wildman–Crippen LogP) is 6.63. The lowest BCUT2D eigenvalue weighted by Gasteiger charge is -2.42. The lowest BCUT2D eigenvalue weighted by atomic mass is 9.88. The molecule has 48 heavy (non-hydrogen) atoms. The van der Waals surface area contributed by atoms with Gasteiger partial charge in [-0.1, -0.05) is 61.7 Å². The van der Waals surface area contributed by atoms with E-state index in [4.69, 9.17) is 26.3 Å². The van der Waals surface area contributed by atoms with Gasteiger partial charge < -0.3 is 19.4 Å². The lowest BCUT2D eigenvalue weighted by Crippen LogP contribution is -2.55. The van der Waals surface area contributed by atoms with Crippen LogP contribution in [0.2, 0.25) is 5.02 Å². The van der Waals surface area contributed by atoms with Crippen molar-refractivity contribution in [3.8, 4) is 12.1 Å². The number of nitriles is 1. The number of fused-ring (bicyclic) bond motifs is 2. The highest BCUT2D eigenvalue weighted by atomic mass is 35.5. The number of ether oxygens (including phenoxy) is 1. The van der Waals surface area contributed by atoms with Crippen molar-refractivity contribution in [3.05, 3.63) is 65.3 Å². The molecule has 1 saturated heterocycles. The molecule has 1 atom stereocenters. The molecule has 3 aromatic rings. The number of nitrogens with zero attached hydrogens (tertiary/aromatic N) is 7. The van der Waals surface area contributed by atoms with Gasteiger partial charge in [0.25, 0.3) is 0 Å². The van der Waals surface area contributed by atoms with Crippen LogP contribution in [-0.2, 0) is 17.8 Å². The van der Waals surface area contributed by atoms with Gasteiger partial charge in [-0.2, -0.15) is 15.2 Å². The zero-order chi connectivity index (χ0) is 33.8. The Morgan fingerprint density at radius 1 is 1.12 bits per heavy atom. The van der Waals surface area contributed by atoms with Crippen LogP contribution in [0.25, 0.3) is 10.8 Å². The largest absolute Gasteiger partial charge is 0.461 e. The van der Waals surface area contributed by atoms with Crippen LogP contribution in [0.5, 0.6) is 6.01 Å². The molecule has 0 spiro atoms. The molecule has 0 unspecified atom stereocenters. The summed E-state index contributed by atoms with van der Waals surface area (Å²) >= 11 is 6.75. The topological polar surface area (TPSA) is 88.8 Å².